The summed E-state index contributed by atoms with van der Waals surface area (Å²) in [7, 11) is 0. The van der Waals surface area contributed by atoms with Crippen molar-refractivity contribution in [3.8, 4) is 0 Å². The number of rotatable bonds is 4. The molecule has 0 bridgehead atoms. The molecule has 1 aromatic carbocycles. The highest BCUT2D eigenvalue weighted by Gasteiger charge is 2.22. The van der Waals surface area contributed by atoms with Gasteiger partial charge in [0.1, 0.15) is 0 Å². The fourth-order valence-corrected chi connectivity index (χ4v) is 3.99. The lowest BCUT2D eigenvalue weighted by molar-refractivity contribution is -0.115. The Kier molecular flexibility index (Phi) is 6.13. The van der Waals surface area contributed by atoms with Crippen molar-refractivity contribution >= 4 is 34.2 Å². The molecule has 0 unspecified atom stereocenters. The molecule has 6 heteroatoms. The molecule has 1 amide bonds. The molecule has 3 rings (SSSR count). The number of benzene rings is 1. The van der Waals surface area contributed by atoms with Crippen molar-refractivity contribution in [3.05, 3.63) is 29.8 Å². The van der Waals surface area contributed by atoms with Crippen LogP contribution in [0.5, 0.6) is 0 Å². The maximum atomic E-state index is 11.4. The molecule has 2 aliphatic rings. The minimum absolute atomic E-state index is 0.0257. The molecule has 2 atom stereocenters. The third-order valence-electron chi connectivity index (χ3n) is 4.80. The van der Waals surface area contributed by atoms with Crippen molar-refractivity contribution < 1.29 is 4.79 Å². The first kappa shape index (κ1) is 18.0. The Morgan fingerprint density at radius 2 is 2.08 bits per heavy atom. The third-order valence-corrected chi connectivity index (χ3v) is 5.69. The second kappa shape index (κ2) is 8.52. The molecule has 0 saturated heterocycles. The Balaban J connectivity index is 1.61. The van der Waals surface area contributed by atoms with Crippen molar-refractivity contribution in [3.63, 3.8) is 0 Å². The van der Waals surface area contributed by atoms with E-state index in [1.165, 1.54) is 25.7 Å². The van der Waals surface area contributed by atoms with Gasteiger partial charge in [0.05, 0.1) is 11.8 Å². The van der Waals surface area contributed by atoms with Gasteiger partial charge in [0, 0.05) is 17.9 Å². The van der Waals surface area contributed by atoms with E-state index in [0.29, 0.717) is 18.4 Å². The Bertz CT molecular complexity index is 669. The van der Waals surface area contributed by atoms with E-state index in [1.807, 2.05) is 31.2 Å². The molecule has 25 heavy (non-hydrogen) atoms. The summed E-state index contributed by atoms with van der Waals surface area (Å²) in [5, 5.41) is 8.30. The van der Waals surface area contributed by atoms with Gasteiger partial charge in [-0.3, -0.25) is 15.2 Å². The van der Waals surface area contributed by atoms with Gasteiger partial charge in [-0.05, 0) is 36.5 Å². The van der Waals surface area contributed by atoms with E-state index in [1.54, 1.807) is 11.8 Å². The van der Waals surface area contributed by atoms with E-state index in [-0.39, 0.29) is 5.91 Å². The van der Waals surface area contributed by atoms with Crippen LogP contribution < -0.4 is 10.7 Å². The van der Waals surface area contributed by atoms with Crippen LogP contribution in [0, 0.1) is 5.92 Å². The summed E-state index contributed by atoms with van der Waals surface area (Å²) in [5.74, 6) is 1.51. The molecule has 5 nitrogen and oxygen atoms in total. The number of anilines is 1. The summed E-state index contributed by atoms with van der Waals surface area (Å²) in [5.41, 5.74) is 6.02. The van der Waals surface area contributed by atoms with Crippen molar-refractivity contribution in [2.24, 2.45) is 16.0 Å². The zero-order valence-electron chi connectivity index (χ0n) is 14.9. The zero-order chi connectivity index (χ0) is 17.6. The van der Waals surface area contributed by atoms with Crippen LogP contribution in [0.15, 0.2) is 34.4 Å². The summed E-state index contributed by atoms with van der Waals surface area (Å²) in [6.07, 6.45) is 5.57. The predicted octanol–water partition coefficient (Wildman–Crippen LogP) is 4.01. The van der Waals surface area contributed by atoms with Crippen LogP contribution in [0.25, 0.3) is 0 Å². The van der Waals surface area contributed by atoms with Crippen LogP contribution in [-0.4, -0.2) is 28.6 Å². The lowest BCUT2D eigenvalue weighted by Crippen LogP contribution is -2.29. The average molecular weight is 359 g/mol. The molecular formula is C19H26N4OS. The van der Waals surface area contributed by atoms with E-state index in [0.717, 1.165) is 27.9 Å². The van der Waals surface area contributed by atoms with Gasteiger partial charge in [0.2, 0.25) is 5.91 Å². The first-order valence-electron chi connectivity index (χ1n) is 9.09. The number of hydrazone groups is 1. The van der Waals surface area contributed by atoms with Crippen molar-refractivity contribution in [1.82, 2.24) is 5.43 Å². The lowest BCUT2D eigenvalue weighted by Gasteiger charge is -2.26. The van der Waals surface area contributed by atoms with Crippen molar-refractivity contribution in [2.45, 2.75) is 52.0 Å². The maximum absolute atomic E-state index is 11.4. The fourth-order valence-electron chi connectivity index (χ4n) is 3.17. The molecule has 1 heterocycles. The SMILES string of the molecule is CCC(=O)Nc1ccc(C2=NNC(=N[C@H]3CCCC[C@H]3C)SC2)cc1. The molecule has 134 valence electrons. The number of nitrogens with one attached hydrogen (secondary N) is 2. The molecule has 1 saturated carbocycles. The molecule has 2 N–H and O–H groups in total. The van der Waals surface area contributed by atoms with Crippen LogP contribution in [0.4, 0.5) is 5.69 Å². The van der Waals surface area contributed by atoms with Crippen molar-refractivity contribution in [1.29, 1.82) is 0 Å². The molecule has 0 aromatic heterocycles. The molecule has 1 aromatic rings. The van der Waals surface area contributed by atoms with Gasteiger partial charge < -0.3 is 5.32 Å². The molecule has 0 radical (unpaired) electrons. The van der Waals surface area contributed by atoms with E-state index in [2.05, 4.69) is 22.8 Å². The van der Waals surface area contributed by atoms with Gasteiger partial charge in [-0.1, -0.05) is 50.6 Å². The number of nitrogens with zero attached hydrogens (tertiary/aromatic N) is 2. The van der Waals surface area contributed by atoms with Gasteiger partial charge in [-0.25, -0.2) is 0 Å². The zero-order valence-corrected chi connectivity index (χ0v) is 15.7. The predicted molar refractivity (Wildman–Crippen MR) is 106 cm³/mol. The molecule has 1 aliphatic heterocycles. The second-order valence-corrected chi connectivity index (χ2v) is 7.67. The third kappa shape index (κ3) is 4.84. The normalized spacial score (nSPS) is 25.2. The van der Waals surface area contributed by atoms with E-state index >= 15 is 0 Å². The topological polar surface area (TPSA) is 65.8 Å². The van der Waals surface area contributed by atoms with Crippen LogP contribution >= 0.6 is 11.8 Å². The average Bonchev–Trinajstić information content (AvgIpc) is 2.65. The maximum Gasteiger partial charge on any atom is 0.224 e. The monoisotopic (exact) mass is 358 g/mol. The highest BCUT2D eigenvalue weighted by atomic mass is 32.2. The smallest absolute Gasteiger partial charge is 0.224 e. The lowest BCUT2D eigenvalue weighted by atomic mass is 9.86. The minimum atomic E-state index is 0.0257. The Labute approximate surface area is 153 Å². The summed E-state index contributed by atoms with van der Waals surface area (Å²) in [6, 6.07) is 8.27. The van der Waals surface area contributed by atoms with Crippen LogP contribution in [0.3, 0.4) is 0 Å². The van der Waals surface area contributed by atoms with Gasteiger partial charge in [-0.2, -0.15) is 5.10 Å². The highest BCUT2D eigenvalue weighted by Crippen LogP contribution is 2.27. The number of carbonyl (C=O) groups excluding carboxylic acids is 1. The van der Waals surface area contributed by atoms with Crippen LogP contribution in [0.1, 0.15) is 51.5 Å². The van der Waals surface area contributed by atoms with E-state index < -0.39 is 0 Å². The summed E-state index contributed by atoms with van der Waals surface area (Å²) < 4.78 is 0. The molecule has 1 fully saturated rings. The Hall–Kier alpha value is -1.82. The first-order chi connectivity index (χ1) is 12.2. The van der Waals surface area contributed by atoms with Gasteiger partial charge >= 0.3 is 0 Å². The molecular weight excluding hydrogens is 332 g/mol. The van der Waals surface area contributed by atoms with E-state index in [4.69, 9.17) is 4.99 Å². The number of carbonyl (C=O) groups is 1. The number of hydrogen-bond acceptors (Lipinski definition) is 4. The number of thioether (sulfide) groups is 1. The fraction of sp³-hybridized carbons (Fsp3) is 0.526. The highest BCUT2D eigenvalue weighted by molar-refractivity contribution is 8.14. The number of aliphatic imine (C=N–C) groups is 1. The van der Waals surface area contributed by atoms with Gasteiger partial charge in [0.15, 0.2) is 5.17 Å². The molecule has 0 spiro atoms. The second-order valence-electron chi connectivity index (χ2n) is 6.70. The number of amides is 1. The first-order valence-corrected chi connectivity index (χ1v) is 10.1. The van der Waals surface area contributed by atoms with Crippen LogP contribution in [0.2, 0.25) is 0 Å². The number of hydrogen-bond donors (Lipinski definition) is 2. The number of amidine groups is 1. The van der Waals surface area contributed by atoms with Crippen molar-refractivity contribution in [2.75, 3.05) is 11.1 Å². The van der Waals surface area contributed by atoms with Gasteiger partial charge in [-0.15, -0.1) is 0 Å². The standard InChI is InChI=1S/C19H26N4OS/c1-3-18(24)20-15-10-8-14(9-11-15)17-12-25-19(23-22-17)21-16-7-5-4-6-13(16)2/h8-11,13,16H,3-7,12H2,1-2H3,(H,20,24)(H,21,23)/t13-,16+/m1/s1. The van der Waals surface area contributed by atoms with Gasteiger partial charge in [0.25, 0.3) is 0 Å². The summed E-state index contributed by atoms with van der Waals surface area (Å²) in [4.78, 5) is 16.3. The summed E-state index contributed by atoms with van der Waals surface area (Å²) >= 11 is 1.72. The Morgan fingerprint density at radius 3 is 2.72 bits per heavy atom. The van der Waals surface area contributed by atoms with Crippen LogP contribution in [-0.2, 0) is 4.79 Å². The minimum Gasteiger partial charge on any atom is -0.326 e. The van der Waals surface area contributed by atoms with E-state index in [9.17, 15) is 4.79 Å². The largest absolute Gasteiger partial charge is 0.326 e. The summed E-state index contributed by atoms with van der Waals surface area (Å²) in [6.45, 7) is 4.14. The molecule has 1 aliphatic carbocycles. The quantitative estimate of drug-likeness (QED) is 0.854. The Morgan fingerprint density at radius 1 is 1.32 bits per heavy atom.